The zero-order valence-electron chi connectivity index (χ0n) is 23.8. The molecule has 2 aromatic carbocycles. The van der Waals surface area contributed by atoms with Gasteiger partial charge < -0.3 is 29.0 Å². The number of amides is 2. The number of rotatable bonds is 17. The quantitative estimate of drug-likeness (QED) is 0.239. The Kier molecular flexibility index (Phi) is 12.2. The second-order valence-electron chi connectivity index (χ2n) is 9.73. The van der Waals surface area contributed by atoms with Crippen LogP contribution in [-0.2, 0) is 27.3 Å². The Balaban J connectivity index is 1.78. The molecule has 3 aromatic rings. The first-order valence-corrected chi connectivity index (χ1v) is 13.8. The first-order chi connectivity index (χ1) is 19.0. The van der Waals surface area contributed by atoms with E-state index in [1.54, 1.807) is 26.2 Å². The average Bonchev–Trinajstić information content (AvgIpc) is 3.38. The van der Waals surface area contributed by atoms with Crippen LogP contribution in [0.3, 0.4) is 0 Å². The lowest BCUT2D eigenvalue weighted by Gasteiger charge is -2.28. The fraction of sp³-hybridized carbons (Fsp3) is 0.484. The third kappa shape index (κ3) is 8.75. The molecule has 0 aliphatic heterocycles. The standard InChI is InChI=1S/C31H43N3O5/c1-5-6-7-8-13-30(35)34(18-19-37-2)23-31(36)33(22-24-14-15-28(38-3)29(20-24)39-4)17-16-25-21-32-27-12-10-9-11-26(25)27/h9-12,14-15,20-21,32H,5-8,13,16-19,22-23H2,1-4H3. The van der Waals surface area contributed by atoms with Gasteiger partial charge in [0.2, 0.25) is 11.8 Å². The van der Waals surface area contributed by atoms with Crippen molar-refractivity contribution in [3.63, 3.8) is 0 Å². The van der Waals surface area contributed by atoms with Crippen LogP contribution >= 0.6 is 0 Å². The van der Waals surface area contributed by atoms with Crippen molar-refractivity contribution in [2.45, 2.75) is 52.0 Å². The van der Waals surface area contributed by atoms with Crippen LogP contribution in [0.15, 0.2) is 48.7 Å². The third-order valence-electron chi connectivity index (χ3n) is 6.99. The summed E-state index contributed by atoms with van der Waals surface area (Å²) in [6.45, 7) is 3.86. The van der Waals surface area contributed by atoms with Crippen LogP contribution in [0.4, 0.5) is 0 Å². The number of nitrogens with zero attached hydrogens (tertiary/aromatic N) is 2. The fourth-order valence-corrected chi connectivity index (χ4v) is 4.70. The van der Waals surface area contributed by atoms with Crippen molar-refractivity contribution >= 4 is 22.7 Å². The molecule has 0 radical (unpaired) electrons. The summed E-state index contributed by atoms with van der Waals surface area (Å²) in [6, 6.07) is 13.8. The summed E-state index contributed by atoms with van der Waals surface area (Å²) in [5.41, 5.74) is 3.15. The number of hydrogen-bond donors (Lipinski definition) is 1. The lowest BCUT2D eigenvalue weighted by atomic mass is 10.1. The molecule has 212 valence electrons. The van der Waals surface area contributed by atoms with Crippen LogP contribution in [0, 0.1) is 0 Å². The van der Waals surface area contributed by atoms with E-state index in [0.29, 0.717) is 50.6 Å². The highest BCUT2D eigenvalue weighted by Gasteiger charge is 2.22. The number of para-hydroxylation sites is 1. The number of hydrogen-bond acceptors (Lipinski definition) is 5. The van der Waals surface area contributed by atoms with Gasteiger partial charge in [0.15, 0.2) is 11.5 Å². The van der Waals surface area contributed by atoms with E-state index in [0.717, 1.165) is 47.7 Å². The molecule has 0 unspecified atom stereocenters. The number of unbranched alkanes of at least 4 members (excludes halogenated alkanes) is 3. The van der Waals surface area contributed by atoms with Gasteiger partial charge in [0, 0.05) is 50.3 Å². The Morgan fingerprint density at radius 1 is 0.872 bits per heavy atom. The number of benzene rings is 2. The van der Waals surface area contributed by atoms with Crippen molar-refractivity contribution in [2.75, 3.05) is 47.6 Å². The van der Waals surface area contributed by atoms with E-state index in [9.17, 15) is 9.59 Å². The third-order valence-corrected chi connectivity index (χ3v) is 6.99. The second-order valence-corrected chi connectivity index (χ2v) is 9.73. The Morgan fingerprint density at radius 2 is 1.67 bits per heavy atom. The Bertz CT molecular complexity index is 1190. The minimum atomic E-state index is -0.0948. The molecule has 0 saturated heterocycles. The van der Waals surface area contributed by atoms with Gasteiger partial charge in [-0.2, -0.15) is 0 Å². The van der Waals surface area contributed by atoms with Gasteiger partial charge >= 0.3 is 0 Å². The van der Waals surface area contributed by atoms with Gasteiger partial charge in [0.1, 0.15) is 0 Å². The summed E-state index contributed by atoms with van der Waals surface area (Å²) in [7, 11) is 4.81. The summed E-state index contributed by atoms with van der Waals surface area (Å²) in [6.07, 6.45) is 7.21. The molecule has 1 N–H and O–H groups in total. The van der Waals surface area contributed by atoms with Gasteiger partial charge in [-0.3, -0.25) is 9.59 Å². The normalized spacial score (nSPS) is 11.0. The number of H-pyrrole nitrogens is 1. The number of ether oxygens (including phenoxy) is 3. The smallest absolute Gasteiger partial charge is 0.242 e. The molecule has 39 heavy (non-hydrogen) atoms. The van der Waals surface area contributed by atoms with Gasteiger partial charge in [-0.05, 0) is 42.2 Å². The SMILES string of the molecule is CCCCCCC(=O)N(CCOC)CC(=O)N(CCc1c[nH]c2ccccc12)Cc1ccc(OC)c(OC)c1. The molecule has 3 rings (SSSR count). The highest BCUT2D eigenvalue weighted by Crippen LogP contribution is 2.28. The molecule has 0 spiro atoms. The number of aromatic nitrogens is 1. The topological polar surface area (TPSA) is 84.1 Å². The van der Waals surface area contributed by atoms with Crippen LogP contribution < -0.4 is 9.47 Å². The van der Waals surface area contributed by atoms with Crippen LogP contribution in [-0.4, -0.2) is 74.2 Å². The van der Waals surface area contributed by atoms with Gasteiger partial charge in [-0.25, -0.2) is 0 Å². The molecule has 2 amide bonds. The van der Waals surface area contributed by atoms with E-state index >= 15 is 0 Å². The van der Waals surface area contributed by atoms with Gasteiger partial charge in [0.25, 0.3) is 0 Å². The van der Waals surface area contributed by atoms with Crippen molar-refractivity contribution < 1.29 is 23.8 Å². The molecular weight excluding hydrogens is 494 g/mol. The first-order valence-electron chi connectivity index (χ1n) is 13.8. The number of methoxy groups -OCH3 is 3. The molecule has 1 heterocycles. The number of aromatic amines is 1. The van der Waals surface area contributed by atoms with Gasteiger partial charge in [0.05, 0.1) is 27.4 Å². The van der Waals surface area contributed by atoms with E-state index in [-0.39, 0.29) is 18.4 Å². The predicted molar refractivity (Wildman–Crippen MR) is 154 cm³/mol. The first kappa shape index (κ1) is 30.0. The molecule has 0 atom stereocenters. The molecular formula is C31H43N3O5. The van der Waals surface area contributed by atoms with Crippen molar-refractivity contribution in [1.82, 2.24) is 14.8 Å². The molecule has 8 nitrogen and oxygen atoms in total. The minimum absolute atomic E-state index is 0.000742. The maximum absolute atomic E-state index is 13.7. The van der Waals surface area contributed by atoms with E-state index in [1.165, 1.54) is 0 Å². The van der Waals surface area contributed by atoms with Crippen LogP contribution in [0.5, 0.6) is 11.5 Å². The Labute approximate surface area is 232 Å². The Hall–Kier alpha value is -3.52. The summed E-state index contributed by atoms with van der Waals surface area (Å²) in [4.78, 5) is 33.6. The van der Waals surface area contributed by atoms with E-state index in [2.05, 4.69) is 18.0 Å². The molecule has 0 aliphatic rings. The monoisotopic (exact) mass is 537 g/mol. The zero-order chi connectivity index (χ0) is 28.0. The largest absolute Gasteiger partial charge is 0.493 e. The molecule has 8 heteroatoms. The number of fused-ring (bicyclic) bond motifs is 1. The number of nitrogens with one attached hydrogen (secondary N) is 1. The lowest BCUT2D eigenvalue weighted by Crippen LogP contribution is -2.44. The maximum Gasteiger partial charge on any atom is 0.242 e. The van der Waals surface area contributed by atoms with E-state index in [1.807, 2.05) is 47.5 Å². The van der Waals surface area contributed by atoms with Crippen molar-refractivity contribution in [3.05, 3.63) is 59.8 Å². The molecule has 0 aliphatic carbocycles. The second kappa shape index (κ2) is 15.8. The van der Waals surface area contributed by atoms with Crippen molar-refractivity contribution in [3.8, 4) is 11.5 Å². The van der Waals surface area contributed by atoms with Crippen LogP contribution in [0.2, 0.25) is 0 Å². The predicted octanol–water partition coefficient (Wildman–Crippen LogP) is 5.20. The molecule has 0 fully saturated rings. The maximum atomic E-state index is 13.7. The van der Waals surface area contributed by atoms with Gasteiger partial charge in [-0.1, -0.05) is 50.5 Å². The van der Waals surface area contributed by atoms with Crippen LogP contribution in [0.1, 0.15) is 50.2 Å². The van der Waals surface area contributed by atoms with E-state index < -0.39 is 0 Å². The Morgan fingerprint density at radius 3 is 2.41 bits per heavy atom. The number of carbonyl (C=O) groups excluding carboxylic acids is 2. The highest BCUT2D eigenvalue weighted by molar-refractivity contribution is 5.85. The van der Waals surface area contributed by atoms with E-state index in [4.69, 9.17) is 14.2 Å². The fourth-order valence-electron chi connectivity index (χ4n) is 4.70. The highest BCUT2D eigenvalue weighted by atomic mass is 16.5. The van der Waals surface area contributed by atoms with Crippen molar-refractivity contribution in [1.29, 1.82) is 0 Å². The summed E-state index contributed by atoms with van der Waals surface area (Å²) in [5, 5.41) is 1.15. The average molecular weight is 538 g/mol. The molecule has 0 bridgehead atoms. The summed E-state index contributed by atoms with van der Waals surface area (Å²) in [5.74, 6) is 1.15. The van der Waals surface area contributed by atoms with Crippen molar-refractivity contribution in [2.24, 2.45) is 0 Å². The molecule has 0 saturated carbocycles. The minimum Gasteiger partial charge on any atom is -0.493 e. The number of carbonyl (C=O) groups is 2. The summed E-state index contributed by atoms with van der Waals surface area (Å²) < 4.78 is 16.1. The summed E-state index contributed by atoms with van der Waals surface area (Å²) >= 11 is 0. The van der Waals surface area contributed by atoms with Crippen LogP contribution in [0.25, 0.3) is 10.9 Å². The molecule has 1 aromatic heterocycles. The lowest BCUT2D eigenvalue weighted by molar-refractivity contribution is -0.141. The zero-order valence-corrected chi connectivity index (χ0v) is 23.8. The van der Waals surface area contributed by atoms with Gasteiger partial charge in [-0.15, -0.1) is 0 Å².